The average molecular weight is 640 g/mol. The van der Waals surface area contributed by atoms with E-state index in [0.717, 1.165) is 46.7 Å². The number of fused-ring (bicyclic) bond motifs is 1. The van der Waals surface area contributed by atoms with Crippen molar-refractivity contribution in [1.29, 1.82) is 0 Å². The van der Waals surface area contributed by atoms with Crippen molar-refractivity contribution in [3.05, 3.63) is 100 Å². The molecule has 0 fully saturated rings. The number of anilines is 2. The first-order valence-corrected chi connectivity index (χ1v) is 17.0. The molecule has 2 N–H and O–H groups in total. The highest BCUT2D eigenvalue weighted by Gasteiger charge is 2.35. The number of rotatable bonds is 12. The number of hydrogen-bond donors (Lipinski definition) is 2. The predicted octanol–water partition coefficient (Wildman–Crippen LogP) is 8.68. The van der Waals surface area contributed by atoms with Gasteiger partial charge in [-0.3, -0.25) is 4.79 Å². The molecule has 1 aliphatic heterocycles. The van der Waals surface area contributed by atoms with E-state index in [1.165, 1.54) is 5.56 Å². The van der Waals surface area contributed by atoms with Gasteiger partial charge in [0.2, 0.25) is 11.1 Å². The van der Waals surface area contributed by atoms with E-state index in [9.17, 15) is 4.79 Å². The first-order chi connectivity index (χ1) is 22.1. The summed E-state index contributed by atoms with van der Waals surface area (Å²) < 4.78 is 14.2. The highest BCUT2D eigenvalue weighted by atomic mass is 32.2. The Balaban J connectivity index is 1.48. The lowest BCUT2D eigenvalue weighted by Crippen LogP contribution is -2.31. The van der Waals surface area contributed by atoms with E-state index in [1.54, 1.807) is 11.8 Å². The Kier molecular flexibility index (Phi) is 10.4. The molecule has 0 saturated carbocycles. The summed E-state index contributed by atoms with van der Waals surface area (Å²) in [6.45, 7) is 15.5. The summed E-state index contributed by atoms with van der Waals surface area (Å²) in [6, 6.07) is 21.7. The van der Waals surface area contributed by atoms with Crippen LogP contribution in [0.3, 0.4) is 0 Å². The van der Waals surface area contributed by atoms with Crippen molar-refractivity contribution in [3.63, 3.8) is 0 Å². The molecule has 242 valence electrons. The summed E-state index contributed by atoms with van der Waals surface area (Å²) in [5.74, 6) is 2.57. The van der Waals surface area contributed by atoms with Crippen LogP contribution in [0.1, 0.15) is 82.7 Å². The molecular weight excluding hydrogens is 595 g/mol. The van der Waals surface area contributed by atoms with Crippen molar-refractivity contribution in [2.75, 3.05) is 23.0 Å². The largest absolute Gasteiger partial charge is 0.490 e. The lowest BCUT2D eigenvalue weighted by Gasteiger charge is -2.29. The van der Waals surface area contributed by atoms with Gasteiger partial charge in [0.05, 0.1) is 12.2 Å². The van der Waals surface area contributed by atoms with Crippen molar-refractivity contribution in [1.82, 2.24) is 14.8 Å². The molecule has 46 heavy (non-hydrogen) atoms. The molecule has 3 aromatic carbocycles. The SMILES string of the molecule is CCCCSc1nc2n(n1)C(c1ccc(OCc3ccc(C(C)(C)C)cc3)c(OCC)c1)C(C(=O)Nc1cccc(C)c1)=C(C)N2. The summed E-state index contributed by atoms with van der Waals surface area (Å²) >= 11 is 1.62. The summed E-state index contributed by atoms with van der Waals surface area (Å²) in [5.41, 5.74) is 6.37. The van der Waals surface area contributed by atoms with E-state index in [1.807, 2.05) is 67.9 Å². The van der Waals surface area contributed by atoms with E-state index in [-0.39, 0.29) is 11.3 Å². The number of nitrogens with one attached hydrogen (secondary N) is 2. The van der Waals surface area contributed by atoms with Gasteiger partial charge in [0, 0.05) is 17.1 Å². The normalized spacial score (nSPS) is 14.5. The van der Waals surface area contributed by atoms with Crippen LogP contribution in [0.4, 0.5) is 11.6 Å². The van der Waals surface area contributed by atoms with Crippen LogP contribution < -0.4 is 20.1 Å². The minimum absolute atomic E-state index is 0.0908. The van der Waals surface area contributed by atoms with Crippen LogP contribution in [-0.2, 0) is 16.8 Å². The average Bonchev–Trinajstić information content (AvgIpc) is 3.42. The zero-order chi connectivity index (χ0) is 32.8. The number of carbonyl (C=O) groups excluding carboxylic acids is 1. The molecule has 0 radical (unpaired) electrons. The van der Waals surface area contributed by atoms with Crippen LogP contribution in [0.5, 0.6) is 11.5 Å². The topological polar surface area (TPSA) is 90.3 Å². The van der Waals surface area contributed by atoms with Crippen LogP contribution in [-0.4, -0.2) is 33.0 Å². The molecule has 5 rings (SSSR count). The maximum atomic E-state index is 14.0. The van der Waals surface area contributed by atoms with E-state index in [4.69, 9.17) is 19.6 Å². The van der Waals surface area contributed by atoms with E-state index in [0.29, 0.717) is 41.4 Å². The standard InChI is InChI=1S/C37H45N5O3S/c1-8-10-20-46-36-40-35-38-25(4)32(34(43)39-29-13-11-12-24(3)21-29)33(42(35)41-36)27-16-19-30(31(22-27)44-9-2)45-23-26-14-17-28(18-15-26)37(5,6)7/h11-19,21-22,33H,8-10,20,23H2,1-7H3,(H,39,43)(H,38,40,41). The van der Waals surface area contributed by atoms with Gasteiger partial charge >= 0.3 is 0 Å². The summed E-state index contributed by atoms with van der Waals surface area (Å²) in [4.78, 5) is 18.8. The molecule has 9 heteroatoms. The van der Waals surface area contributed by atoms with E-state index in [2.05, 4.69) is 62.6 Å². The van der Waals surface area contributed by atoms with Crippen molar-refractivity contribution in [3.8, 4) is 11.5 Å². The van der Waals surface area contributed by atoms with Gasteiger partial charge < -0.3 is 20.1 Å². The Bertz CT molecular complexity index is 1700. The van der Waals surface area contributed by atoms with Gasteiger partial charge in [-0.1, -0.05) is 88.3 Å². The number of allylic oxidation sites excluding steroid dienone is 1. The lowest BCUT2D eigenvalue weighted by molar-refractivity contribution is -0.113. The number of aryl methyl sites for hydroxylation is 1. The third kappa shape index (κ3) is 7.76. The number of ether oxygens (including phenoxy) is 2. The van der Waals surface area contributed by atoms with Crippen LogP contribution in [0.2, 0.25) is 0 Å². The molecule has 1 atom stereocenters. The zero-order valence-electron chi connectivity index (χ0n) is 27.9. The Morgan fingerprint density at radius 2 is 1.78 bits per heavy atom. The van der Waals surface area contributed by atoms with E-state index >= 15 is 0 Å². The number of carbonyl (C=O) groups is 1. The molecule has 0 saturated heterocycles. The maximum Gasteiger partial charge on any atom is 0.255 e. The highest BCUT2D eigenvalue weighted by molar-refractivity contribution is 7.99. The highest BCUT2D eigenvalue weighted by Crippen LogP contribution is 2.40. The van der Waals surface area contributed by atoms with Gasteiger partial charge in [-0.2, -0.15) is 4.98 Å². The fraction of sp³-hybridized carbons (Fsp3) is 0.378. The third-order valence-electron chi connectivity index (χ3n) is 7.88. The molecule has 1 aliphatic rings. The second-order valence-corrected chi connectivity index (χ2v) is 13.7. The first kappa shape index (κ1) is 33.1. The summed E-state index contributed by atoms with van der Waals surface area (Å²) in [7, 11) is 0. The molecule has 1 aromatic heterocycles. The van der Waals surface area contributed by atoms with Gasteiger partial charge in [-0.15, -0.1) is 5.10 Å². The summed E-state index contributed by atoms with van der Waals surface area (Å²) in [5, 5.41) is 12.0. The smallest absolute Gasteiger partial charge is 0.255 e. The van der Waals surface area contributed by atoms with Crippen molar-refractivity contribution in [2.24, 2.45) is 0 Å². The molecule has 0 aliphatic carbocycles. The van der Waals surface area contributed by atoms with Gasteiger partial charge in [0.1, 0.15) is 12.6 Å². The number of benzene rings is 3. The molecule has 0 bridgehead atoms. The van der Waals surface area contributed by atoms with Crippen LogP contribution in [0.25, 0.3) is 0 Å². The zero-order valence-corrected chi connectivity index (χ0v) is 28.8. The van der Waals surface area contributed by atoms with Gasteiger partial charge in [0.25, 0.3) is 5.91 Å². The Labute approximate surface area is 277 Å². The van der Waals surface area contributed by atoms with Crippen LogP contribution >= 0.6 is 11.8 Å². The number of aromatic nitrogens is 3. The van der Waals surface area contributed by atoms with Crippen molar-refractivity contribution < 1.29 is 14.3 Å². The number of unbranched alkanes of at least 4 members (excludes halogenated alkanes) is 1. The predicted molar refractivity (Wildman–Crippen MR) is 187 cm³/mol. The fourth-order valence-corrected chi connectivity index (χ4v) is 6.28. The summed E-state index contributed by atoms with van der Waals surface area (Å²) in [6.07, 6.45) is 2.18. The minimum atomic E-state index is -0.535. The molecule has 1 unspecified atom stereocenters. The molecule has 1 amide bonds. The van der Waals surface area contributed by atoms with Gasteiger partial charge in [-0.25, -0.2) is 4.68 Å². The number of amides is 1. The molecule has 2 heterocycles. The Morgan fingerprint density at radius 1 is 1.00 bits per heavy atom. The fourth-order valence-electron chi connectivity index (χ4n) is 5.37. The third-order valence-corrected chi connectivity index (χ3v) is 8.80. The van der Waals surface area contributed by atoms with E-state index < -0.39 is 6.04 Å². The number of hydrogen-bond acceptors (Lipinski definition) is 7. The van der Waals surface area contributed by atoms with Crippen molar-refractivity contribution >= 4 is 29.3 Å². The number of thioether (sulfide) groups is 1. The van der Waals surface area contributed by atoms with Crippen molar-refractivity contribution in [2.45, 2.75) is 84.5 Å². The first-order valence-electron chi connectivity index (χ1n) is 16.0. The molecule has 0 spiro atoms. The molecule has 4 aromatic rings. The Hall–Kier alpha value is -4.24. The van der Waals surface area contributed by atoms with Gasteiger partial charge in [-0.05, 0) is 79.1 Å². The lowest BCUT2D eigenvalue weighted by atomic mass is 9.87. The maximum absolute atomic E-state index is 14.0. The Morgan fingerprint density at radius 3 is 2.48 bits per heavy atom. The van der Waals surface area contributed by atoms with Gasteiger partial charge in [0.15, 0.2) is 11.5 Å². The second kappa shape index (κ2) is 14.5. The van der Waals surface area contributed by atoms with Crippen LogP contribution in [0, 0.1) is 6.92 Å². The number of nitrogens with zero attached hydrogens (tertiary/aromatic N) is 3. The monoisotopic (exact) mass is 639 g/mol. The molecular formula is C37H45N5O3S. The van der Waals surface area contributed by atoms with Crippen LogP contribution in [0.15, 0.2) is 83.2 Å². The second-order valence-electron chi connectivity index (χ2n) is 12.6. The minimum Gasteiger partial charge on any atom is -0.490 e. The molecule has 8 nitrogen and oxygen atoms in total. The quantitative estimate of drug-likeness (QED) is 0.118.